The van der Waals surface area contributed by atoms with Crippen molar-refractivity contribution >= 4 is 23.2 Å². The lowest BCUT2D eigenvalue weighted by molar-refractivity contribution is 0.0743. The molecule has 2 fully saturated rings. The highest BCUT2D eigenvalue weighted by molar-refractivity contribution is 6.34. The molecule has 1 unspecified atom stereocenters. The normalized spacial score (nSPS) is 23.4. The van der Waals surface area contributed by atoms with Gasteiger partial charge in [-0.2, -0.15) is 0 Å². The zero-order chi connectivity index (χ0) is 14.1. The molecule has 2 N–H and O–H groups in total. The van der Waals surface area contributed by atoms with Crippen molar-refractivity contribution < 1.29 is 4.79 Å². The third-order valence-corrected chi connectivity index (χ3v) is 4.64. The maximum Gasteiger partial charge on any atom is 0.255 e. The average molecular weight is 294 g/mol. The van der Waals surface area contributed by atoms with E-state index in [9.17, 15) is 4.79 Å². The average Bonchev–Trinajstić information content (AvgIpc) is 2.78. The van der Waals surface area contributed by atoms with Gasteiger partial charge in [-0.15, -0.1) is 0 Å². The van der Waals surface area contributed by atoms with Gasteiger partial charge in [-0.05, 0) is 44.0 Å². The molecule has 1 amide bonds. The Kier molecular flexibility index (Phi) is 3.85. The molecule has 0 aliphatic carbocycles. The van der Waals surface area contributed by atoms with Gasteiger partial charge in [0.15, 0.2) is 0 Å². The van der Waals surface area contributed by atoms with Crippen molar-refractivity contribution in [2.24, 2.45) is 0 Å². The Morgan fingerprint density at radius 1 is 1.25 bits per heavy atom. The van der Waals surface area contributed by atoms with Gasteiger partial charge in [-0.25, -0.2) is 0 Å². The summed E-state index contributed by atoms with van der Waals surface area (Å²) in [5, 5.41) is 0.483. The molecule has 0 radical (unpaired) electrons. The molecule has 20 heavy (non-hydrogen) atoms. The minimum Gasteiger partial charge on any atom is -0.399 e. The molecule has 0 spiro atoms. The number of amides is 1. The van der Waals surface area contributed by atoms with Gasteiger partial charge in [0, 0.05) is 31.4 Å². The fraction of sp³-hybridized carbons (Fsp3) is 0.533. The molecule has 0 aromatic heterocycles. The molecule has 2 aliphatic heterocycles. The number of rotatable bonds is 1. The molecule has 1 atom stereocenters. The fourth-order valence-electron chi connectivity index (χ4n) is 3.27. The lowest BCUT2D eigenvalue weighted by Crippen LogP contribution is -2.39. The first-order valence-electron chi connectivity index (χ1n) is 7.23. The van der Waals surface area contributed by atoms with Crippen LogP contribution >= 0.6 is 11.6 Å². The van der Waals surface area contributed by atoms with E-state index >= 15 is 0 Å². The van der Waals surface area contributed by atoms with Crippen LogP contribution in [0.25, 0.3) is 0 Å². The Labute approximate surface area is 124 Å². The number of halogens is 1. The Hall–Kier alpha value is -1.26. The number of fused-ring (bicyclic) bond motifs is 1. The number of carbonyl (C=O) groups excluding carboxylic acids is 1. The number of hydrogen-bond donors (Lipinski definition) is 1. The van der Waals surface area contributed by atoms with Gasteiger partial charge in [0.2, 0.25) is 0 Å². The van der Waals surface area contributed by atoms with Gasteiger partial charge in [-0.3, -0.25) is 9.69 Å². The second kappa shape index (κ2) is 5.62. The Balaban J connectivity index is 1.80. The van der Waals surface area contributed by atoms with E-state index in [0.29, 0.717) is 22.3 Å². The molecule has 3 rings (SSSR count). The van der Waals surface area contributed by atoms with E-state index in [-0.39, 0.29) is 5.91 Å². The summed E-state index contributed by atoms with van der Waals surface area (Å²) in [6, 6.07) is 5.62. The summed E-state index contributed by atoms with van der Waals surface area (Å²) in [5.74, 6) is 0.0102. The predicted molar refractivity (Wildman–Crippen MR) is 81.0 cm³/mol. The van der Waals surface area contributed by atoms with Crippen molar-refractivity contribution in [2.45, 2.75) is 25.3 Å². The summed E-state index contributed by atoms with van der Waals surface area (Å²) in [7, 11) is 0. The van der Waals surface area contributed by atoms with Crippen LogP contribution in [0.3, 0.4) is 0 Å². The molecular weight excluding hydrogens is 274 g/mol. The van der Waals surface area contributed by atoms with Crippen LogP contribution in [0.1, 0.15) is 29.6 Å². The summed E-state index contributed by atoms with van der Waals surface area (Å²) in [4.78, 5) is 17.1. The highest BCUT2D eigenvalue weighted by Crippen LogP contribution is 2.25. The van der Waals surface area contributed by atoms with E-state index in [1.165, 1.54) is 19.4 Å². The zero-order valence-electron chi connectivity index (χ0n) is 11.5. The predicted octanol–water partition coefficient (Wildman–Crippen LogP) is 2.23. The first-order valence-corrected chi connectivity index (χ1v) is 7.61. The van der Waals surface area contributed by atoms with Gasteiger partial charge in [0.25, 0.3) is 5.91 Å². The second-order valence-electron chi connectivity index (χ2n) is 5.68. The van der Waals surface area contributed by atoms with Gasteiger partial charge in [0.05, 0.1) is 10.6 Å². The van der Waals surface area contributed by atoms with Crippen LogP contribution in [0.2, 0.25) is 5.02 Å². The fourth-order valence-corrected chi connectivity index (χ4v) is 3.47. The van der Waals surface area contributed by atoms with Crippen LogP contribution in [0.5, 0.6) is 0 Å². The highest BCUT2D eigenvalue weighted by atomic mass is 35.5. The van der Waals surface area contributed by atoms with E-state index in [1.807, 2.05) is 4.90 Å². The second-order valence-corrected chi connectivity index (χ2v) is 6.08. The number of nitrogen functional groups attached to an aromatic ring is 1. The molecule has 5 heteroatoms. The van der Waals surface area contributed by atoms with Crippen LogP contribution in [0.4, 0.5) is 5.69 Å². The van der Waals surface area contributed by atoms with E-state index in [0.717, 1.165) is 26.1 Å². The van der Waals surface area contributed by atoms with Crippen molar-refractivity contribution in [2.75, 3.05) is 31.9 Å². The lowest BCUT2D eigenvalue weighted by atomic mass is 10.1. The molecule has 2 aliphatic rings. The molecule has 1 aromatic rings. The summed E-state index contributed by atoms with van der Waals surface area (Å²) < 4.78 is 0. The Morgan fingerprint density at radius 3 is 2.90 bits per heavy atom. The minimum atomic E-state index is 0.0102. The topological polar surface area (TPSA) is 49.6 Å². The van der Waals surface area contributed by atoms with Gasteiger partial charge < -0.3 is 10.6 Å². The number of benzene rings is 1. The quantitative estimate of drug-likeness (QED) is 0.808. The number of hydrogen-bond acceptors (Lipinski definition) is 3. The summed E-state index contributed by atoms with van der Waals surface area (Å²) >= 11 is 6.15. The Morgan fingerprint density at radius 2 is 2.05 bits per heavy atom. The van der Waals surface area contributed by atoms with Crippen molar-refractivity contribution in [3.8, 4) is 0 Å². The monoisotopic (exact) mass is 293 g/mol. The van der Waals surface area contributed by atoms with Crippen LogP contribution < -0.4 is 5.73 Å². The number of carbonyl (C=O) groups is 1. The molecule has 0 bridgehead atoms. The first-order chi connectivity index (χ1) is 9.65. The van der Waals surface area contributed by atoms with E-state index in [2.05, 4.69) is 4.90 Å². The van der Waals surface area contributed by atoms with Crippen molar-refractivity contribution in [1.82, 2.24) is 9.80 Å². The summed E-state index contributed by atoms with van der Waals surface area (Å²) in [6.45, 7) is 3.88. The Bertz CT molecular complexity index is 520. The molecule has 0 saturated carbocycles. The third-order valence-electron chi connectivity index (χ3n) is 4.31. The molecule has 2 saturated heterocycles. The number of anilines is 1. The van der Waals surface area contributed by atoms with Crippen molar-refractivity contribution in [3.05, 3.63) is 28.8 Å². The minimum absolute atomic E-state index is 0.0102. The van der Waals surface area contributed by atoms with Gasteiger partial charge in [-0.1, -0.05) is 11.6 Å². The molecule has 108 valence electrons. The standard InChI is InChI=1S/C15H20ClN3O/c16-14-5-4-11(17)9-13(14)15(20)19-8-2-7-18-6-1-3-12(18)10-19/h4-5,9,12H,1-3,6-8,10,17H2. The van der Waals surface area contributed by atoms with Gasteiger partial charge in [0.1, 0.15) is 0 Å². The van der Waals surface area contributed by atoms with E-state index in [4.69, 9.17) is 17.3 Å². The highest BCUT2D eigenvalue weighted by Gasteiger charge is 2.31. The zero-order valence-corrected chi connectivity index (χ0v) is 12.3. The van der Waals surface area contributed by atoms with Crippen LogP contribution in [0.15, 0.2) is 18.2 Å². The maximum absolute atomic E-state index is 12.7. The molecular formula is C15H20ClN3O. The summed E-state index contributed by atoms with van der Waals surface area (Å²) in [5.41, 5.74) is 6.88. The first kappa shape index (κ1) is 13.7. The van der Waals surface area contributed by atoms with Crippen molar-refractivity contribution in [1.29, 1.82) is 0 Å². The lowest BCUT2D eigenvalue weighted by Gasteiger charge is -2.26. The van der Waals surface area contributed by atoms with Crippen molar-refractivity contribution in [3.63, 3.8) is 0 Å². The number of nitrogens with two attached hydrogens (primary N) is 1. The molecule has 4 nitrogen and oxygen atoms in total. The third kappa shape index (κ3) is 2.63. The number of nitrogens with zero attached hydrogens (tertiary/aromatic N) is 2. The summed E-state index contributed by atoms with van der Waals surface area (Å²) in [6.07, 6.45) is 3.46. The maximum atomic E-state index is 12.7. The van der Waals surface area contributed by atoms with Crippen LogP contribution in [0, 0.1) is 0 Å². The van der Waals surface area contributed by atoms with Gasteiger partial charge >= 0.3 is 0 Å². The van der Waals surface area contributed by atoms with E-state index < -0.39 is 0 Å². The SMILES string of the molecule is Nc1ccc(Cl)c(C(=O)N2CCCN3CCCC3C2)c1. The van der Waals surface area contributed by atoms with E-state index in [1.54, 1.807) is 18.2 Å². The van der Waals surface area contributed by atoms with Crippen LogP contribution in [-0.4, -0.2) is 47.9 Å². The molecule has 2 heterocycles. The smallest absolute Gasteiger partial charge is 0.255 e. The van der Waals surface area contributed by atoms with Crippen LogP contribution in [-0.2, 0) is 0 Å². The molecule has 1 aromatic carbocycles. The largest absolute Gasteiger partial charge is 0.399 e.